The fraction of sp³-hybridized carbons (Fsp3) is 0.241. The predicted molar refractivity (Wildman–Crippen MR) is 254 cm³/mol. The van der Waals surface area contributed by atoms with Crippen molar-refractivity contribution in [3.8, 4) is 39.5 Å². The molecule has 0 spiro atoms. The summed E-state index contributed by atoms with van der Waals surface area (Å²) in [5, 5.41) is 2.68. The first kappa shape index (κ1) is 32.3. The van der Waals surface area contributed by atoms with Gasteiger partial charge in [0.05, 0.1) is 30.5 Å². The standard InChI is InChI=1S/C35H28N3O.C19H26NSi.Ir/c1-22-12-14-23(15-13-22)26-20-21-36-34-31(26)27-8-7-9-28(32(27)39-34)33-37-29-10-5-6-11-30(29)38(33)25-18-16-24(17-19-25)35(2,3)4;1-14(2)11-17-12-18(16-9-7-15(3)8-10-16)20-13-19(17)21(4,5)6;/h5-8,10-21H,1-4H3;7-9,12-14H,11H2,1-6H3;/q2*-1;/i1D3;3D3,7D,8D,11D2;. The van der Waals surface area contributed by atoms with Crippen LogP contribution in [0.1, 0.15) is 70.6 Å². The van der Waals surface area contributed by atoms with Gasteiger partial charge in [-0.25, -0.2) is 4.98 Å². The summed E-state index contributed by atoms with van der Waals surface area (Å²) in [5.41, 5.74) is 9.11. The first-order valence-corrected chi connectivity index (χ1v) is 23.6. The van der Waals surface area contributed by atoms with Gasteiger partial charge in [-0.1, -0.05) is 138 Å². The van der Waals surface area contributed by atoms with Crippen LogP contribution in [-0.2, 0) is 31.9 Å². The topological polar surface area (TPSA) is 56.7 Å². The maximum atomic E-state index is 8.60. The molecular weight excluding hydrogens is 941 g/mol. The summed E-state index contributed by atoms with van der Waals surface area (Å²) in [7, 11) is -1.87. The minimum atomic E-state index is -2.56. The number of imidazole rings is 1. The Morgan fingerprint density at radius 2 is 1.64 bits per heavy atom. The molecule has 1 radical (unpaired) electrons. The summed E-state index contributed by atoms with van der Waals surface area (Å²) in [5.74, 6) is 0.478. The van der Waals surface area contributed by atoms with E-state index in [-0.39, 0.29) is 49.1 Å². The third-order valence-corrected chi connectivity index (χ3v) is 12.4. The number of fused-ring (bicyclic) bond motifs is 4. The second-order valence-corrected chi connectivity index (χ2v) is 22.4. The Kier molecular flexibility index (Phi) is 9.25. The molecule has 0 saturated heterocycles. The molecule has 0 amide bonds. The molecule has 7 heteroatoms. The first-order valence-electron chi connectivity index (χ1n) is 25.1. The van der Waals surface area contributed by atoms with Crippen LogP contribution in [0.15, 0.2) is 132 Å². The van der Waals surface area contributed by atoms with E-state index in [1.165, 1.54) is 11.6 Å². The monoisotopic (exact) mass is 1010 g/mol. The second-order valence-electron chi connectivity index (χ2n) is 17.4. The minimum absolute atomic E-state index is 0. The quantitative estimate of drug-likeness (QED) is 0.118. The Bertz CT molecular complexity index is 3380. The normalized spacial score (nSPS) is 14.9. The molecule has 0 bridgehead atoms. The Hall–Kier alpha value is -5.46. The fourth-order valence-electron chi connectivity index (χ4n) is 7.40. The number of furan rings is 1. The summed E-state index contributed by atoms with van der Waals surface area (Å²) in [6.45, 7) is 12.0. The molecule has 5 aromatic carbocycles. The number of rotatable bonds is 7. The van der Waals surface area contributed by atoms with Crippen LogP contribution in [0.4, 0.5) is 0 Å². The fourth-order valence-corrected chi connectivity index (χ4v) is 8.81. The molecular formula is C54H54IrN4OSi-2. The van der Waals surface area contributed by atoms with Crippen LogP contribution in [0.2, 0.25) is 19.6 Å². The van der Waals surface area contributed by atoms with E-state index in [0.29, 0.717) is 33.7 Å². The molecule has 0 fully saturated rings. The molecule has 0 N–H and O–H groups in total. The van der Waals surface area contributed by atoms with Gasteiger partial charge in [0, 0.05) is 57.3 Å². The van der Waals surface area contributed by atoms with E-state index in [9.17, 15) is 0 Å². The number of pyridine rings is 2. The molecule has 0 atom stereocenters. The number of nitrogens with zero attached hydrogens (tertiary/aromatic N) is 4. The van der Waals surface area contributed by atoms with Crippen LogP contribution in [-0.4, -0.2) is 27.6 Å². The Balaban J connectivity index is 0.000000224. The molecule has 9 rings (SSSR count). The van der Waals surface area contributed by atoms with Gasteiger partial charge in [-0.3, -0.25) is 4.98 Å². The van der Waals surface area contributed by atoms with Crippen molar-refractivity contribution in [2.75, 3.05) is 0 Å². The number of hydrogen-bond donors (Lipinski definition) is 0. The average molecular weight is 1010 g/mol. The molecule has 5 nitrogen and oxygen atoms in total. The molecule has 61 heavy (non-hydrogen) atoms. The Morgan fingerprint density at radius 3 is 2.33 bits per heavy atom. The van der Waals surface area contributed by atoms with E-state index in [1.54, 1.807) is 30.6 Å². The largest absolute Gasteiger partial charge is 0.486 e. The van der Waals surface area contributed by atoms with E-state index in [2.05, 4.69) is 97.4 Å². The summed E-state index contributed by atoms with van der Waals surface area (Å²) in [6, 6.07) is 38.1. The van der Waals surface area contributed by atoms with Crippen LogP contribution in [0.25, 0.3) is 72.6 Å². The van der Waals surface area contributed by atoms with Crippen molar-refractivity contribution in [3.63, 3.8) is 0 Å². The van der Waals surface area contributed by atoms with Crippen molar-refractivity contribution in [3.05, 3.63) is 162 Å². The van der Waals surface area contributed by atoms with Gasteiger partial charge in [-0.05, 0) is 82.5 Å². The van der Waals surface area contributed by atoms with Crippen molar-refractivity contribution in [2.24, 2.45) is 5.92 Å². The maximum absolute atomic E-state index is 8.60. The van der Waals surface area contributed by atoms with Gasteiger partial charge >= 0.3 is 0 Å². The van der Waals surface area contributed by atoms with E-state index in [0.717, 1.165) is 55.2 Å². The number of aryl methyl sites for hydroxylation is 1. The van der Waals surface area contributed by atoms with Gasteiger partial charge in [0.1, 0.15) is 0 Å². The molecule has 311 valence electrons. The van der Waals surface area contributed by atoms with E-state index in [1.807, 2.05) is 62.4 Å². The first-order chi connectivity index (χ1) is 32.7. The number of hydrogen-bond acceptors (Lipinski definition) is 4. The van der Waals surface area contributed by atoms with Crippen molar-refractivity contribution in [1.82, 2.24) is 19.5 Å². The number of benzene rings is 5. The molecule has 9 aromatic rings. The molecule has 0 unspecified atom stereocenters. The van der Waals surface area contributed by atoms with Crippen LogP contribution >= 0.6 is 0 Å². The number of para-hydroxylation sites is 2. The second kappa shape index (κ2) is 17.5. The zero-order valence-corrected chi connectivity index (χ0v) is 39.0. The van der Waals surface area contributed by atoms with Crippen LogP contribution < -0.4 is 5.19 Å². The molecule has 0 aliphatic rings. The van der Waals surface area contributed by atoms with Gasteiger partial charge < -0.3 is 14.0 Å². The molecule has 0 aliphatic carbocycles. The molecule has 0 saturated carbocycles. The number of aromatic nitrogens is 4. The van der Waals surface area contributed by atoms with Crippen molar-refractivity contribution >= 4 is 46.4 Å². The van der Waals surface area contributed by atoms with Crippen LogP contribution in [0.5, 0.6) is 0 Å². The molecule has 4 heterocycles. The third-order valence-electron chi connectivity index (χ3n) is 10.4. The molecule has 0 aliphatic heterocycles. The Labute approximate surface area is 389 Å². The smallest absolute Gasteiger partial charge is 0.216 e. The van der Waals surface area contributed by atoms with Crippen molar-refractivity contribution in [1.29, 1.82) is 0 Å². The summed E-state index contributed by atoms with van der Waals surface area (Å²) >= 11 is 0. The average Bonchev–Trinajstić information content (AvgIpc) is 3.87. The van der Waals surface area contributed by atoms with Gasteiger partial charge in [-0.15, -0.1) is 53.5 Å². The minimum Gasteiger partial charge on any atom is -0.486 e. The summed E-state index contributed by atoms with van der Waals surface area (Å²) < 4.78 is 87.5. The third kappa shape index (κ3) is 9.11. The van der Waals surface area contributed by atoms with Gasteiger partial charge in [0.15, 0.2) is 0 Å². The van der Waals surface area contributed by atoms with Crippen LogP contribution in [0.3, 0.4) is 0 Å². The van der Waals surface area contributed by atoms with E-state index >= 15 is 0 Å². The van der Waals surface area contributed by atoms with E-state index < -0.39 is 28.2 Å². The summed E-state index contributed by atoms with van der Waals surface area (Å²) in [6.07, 6.45) is 1.84. The maximum Gasteiger partial charge on any atom is 0.216 e. The zero-order valence-electron chi connectivity index (χ0n) is 45.6. The SMILES string of the molecule is [2H]C([2H])([2H])c1ccc(-c2ccnc3oc4c(-c5nc6ccccc6n5-c5ccc(C(C)(C)C)cc5)[c-]ccc4c23)cc1.[2H]c1[c-]c(-c2cc(C([2H])([2H])C(C)C)c([Si](C)(C)C)cn2)cc([2H])c1C([2H])([2H])[2H].[Ir]. The van der Waals surface area contributed by atoms with Crippen molar-refractivity contribution < 1.29 is 38.2 Å². The van der Waals surface area contributed by atoms with Gasteiger partial charge in [0.2, 0.25) is 5.71 Å². The van der Waals surface area contributed by atoms with Gasteiger partial charge in [0.25, 0.3) is 0 Å². The summed E-state index contributed by atoms with van der Waals surface area (Å²) in [4.78, 5) is 14.1. The predicted octanol–water partition coefficient (Wildman–Crippen LogP) is 13.7. The Morgan fingerprint density at radius 1 is 0.885 bits per heavy atom. The van der Waals surface area contributed by atoms with Crippen molar-refractivity contribution in [2.45, 2.75) is 79.8 Å². The van der Waals surface area contributed by atoms with Gasteiger partial charge in [-0.2, -0.15) is 0 Å². The van der Waals surface area contributed by atoms with Crippen LogP contribution in [0, 0.1) is 31.8 Å². The molecule has 4 aromatic heterocycles. The zero-order chi connectivity index (χ0) is 50.9. The van der Waals surface area contributed by atoms with E-state index in [4.69, 9.17) is 23.1 Å².